The minimum absolute atomic E-state index is 0.782. The van der Waals surface area contributed by atoms with E-state index in [1.165, 1.54) is 12.8 Å². The number of hydrogen-bond donors (Lipinski definition) is 1. The summed E-state index contributed by atoms with van der Waals surface area (Å²) in [6, 6.07) is 3.84. The first kappa shape index (κ1) is 8.35. The van der Waals surface area contributed by atoms with Crippen molar-refractivity contribution in [2.75, 3.05) is 19.0 Å². The van der Waals surface area contributed by atoms with E-state index in [1.807, 2.05) is 19.2 Å². The summed E-state index contributed by atoms with van der Waals surface area (Å²) in [5.74, 6) is 2.46. The normalized spacial score (nSPS) is 15.5. The highest BCUT2D eigenvalue weighted by Gasteiger charge is 2.22. The molecule has 1 N–H and O–H groups in total. The number of rotatable bonds is 4. The first-order valence-corrected chi connectivity index (χ1v) is 4.65. The van der Waals surface area contributed by atoms with E-state index in [1.54, 1.807) is 6.20 Å². The number of anilines is 1. The van der Waals surface area contributed by atoms with E-state index in [2.05, 4.69) is 10.3 Å². The smallest absolute Gasteiger partial charge is 0.168 e. The van der Waals surface area contributed by atoms with Gasteiger partial charge in [-0.2, -0.15) is 0 Å². The van der Waals surface area contributed by atoms with Gasteiger partial charge in [0.05, 0.1) is 6.61 Å². The second kappa shape index (κ2) is 3.64. The summed E-state index contributed by atoms with van der Waals surface area (Å²) < 4.78 is 5.63. The van der Waals surface area contributed by atoms with Crippen LogP contribution < -0.4 is 10.1 Å². The highest BCUT2D eigenvalue weighted by Crippen LogP contribution is 2.30. The van der Waals surface area contributed by atoms with Crippen LogP contribution in [0.15, 0.2) is 18.3 Å². The SMILES string of the molecule is CNc1ncccc1OCC1CC1. The van der Waals surface area contributed by atoms with E-state index in [0.717, 1.165) is 24.1 Å². The Morgan fingerprint density at radius 1 is 1.62 bits per heavy atom. The molecule has 0 unspecified atom stereocenters. The lowest BCUT2D eigenvalue weighted by Crippen LogP contribution is -2.02. The fourth-order valence-corrected chi connectivity index (χ4v) is 1.19. The highest BCUT2D eigenvalue weighted by atomic mass is 16.5. The standard InChI is InChI=1S/C10H14N2O/c1-11-10-9(3-2-6-12-10)13-7-8-4-5-8/h2-3,6,8H,4-5,7H2,1H3,(H,11,12). The average molecular weight is 178 g/mol. The van der Waals surface area contributed by atoms with Crippen LogP contribution in [0.3, 0.4) is 0 Å². The van der Waals surface area contributed by atoms with Gasteiger partial charge in [-0.1, -0.05) is 0 Å². The molecular weight excluding hydrogens is 164 g/mol. The Bertz CT molecular complexity index is 284. The lowest BCUT2D eigenvalue weighted by atomic mass is 10.4. The van der Waals surface area contributed by atoms with Crippen LogP contribution in [0.2, 0.25) is 0 Å². The molecule has 1 aliphatic carbocycles. The molecule has 0 saturated heterocycles. The molecule has 2 rings (SSSR count). The number of ether oxygens (including phenoxy) is 1. The molecule has 0 aliphatic heterocycles. The van der Waals surface area contributed by atoms with Gasteiger partial charge in [0.15, 0.2) is 11.6 Å². The molecule has 1 aromatic rings. The summed E-state index contributed by atoms with van der Waals surface area (Å²) in [6.45, 7) is 0.834. The second-order valence-corrected chi connectivity index (χ2v) is 3.35. The van der Waals surface area contributed by atoms with Crippen LogP contribution in [0, 0.1) is 5.92 Å². The number of nitrogens with one attached hydrogen (secondary N) is 1. The van der Waals surface area contributed by atoms with E-state index in [0.29, 0.717) is 0 Å². The molecular formula is C10H14N2O. The van der Waals surface area contributed by atoms with Crippen LogP contribution in [0.1, 0.15) is 12.8 Å². The summed E-state index contributed by atoms with van der Waals surface area (Å²) >= 11 is 0. The third kappa shape index (κ3) is 2.11. The van der Waals surface area contributed by atoms with Crippen molar-refractivity contribution in [3.63, 3.8) is 0 Å². The maximum absolute atomic E-state index is 5.63. The quantitative estimate of drug-likeness (QED) is 0.764. The Labute approximate surface area is 78.1 Å². The number of pyridine rings is 1. The van der Waals surface area contributed by atoms with Crippen molar-refractivity contribution in [2.45, 2.75) is 12.8 Å². The number of nitrogens with zero attached hydrogens (tertiary/aromatic N) is 1. The minimum atomic E-state index is 0.782. The molecule has 70 valence electrons. The van der Waals surface area contributed by atoms with Crippen molar-refractivity contribution in [3.05, 3.63) is 18.3 Å². The third-order valence-corrected chi connectivity index (χ3v) is 2.18. The van der Waals surface area contributed by atoms with E-state index < -0.39 is 0 Å². The molecule has 0 bridgehead atoms. The van der Waals surface area contributed by atoms with Crippen LogP contribution in [-0.4, -0.2) is 18.6 Å². The van der Waals surface area contributed by atoms with Crippen molar-refractivity contribution >= 4 is 5.82 Å². The molecule has 0 radical (unpaired) electrons. The summed E-state index contributed by atoms with van der Waals surface area (Å²) in [6.07, 6.45) is 4.39. The lowest BCUT2D eigenvalue weighted by molar-refractivity contribution is 0.300. The Hall–Kier alpha value is -1.25. The molecule has 0 spiro atoms. The second-order valence-electron chi connectivity index (χ2n) is 3.35. The van der Waals surface area contributed by atoms with E-state index in [9.17, 15) is 0 Å². The predicted molar refractivity (Wildman–Crippen MR) is 52.0 cm³/mol. The molecule has 3 nitrogen and oxygen atoms in total. The van der Waals surface area contributed by atoms with Gasteiger partial charge < -0.3 is 10.1 Å². The molecule has 1 aliphatic rings. The van der Waals surface area contributed by atoms with Crippen LogP contribution >= 0.6 is 0 Å². The Balaban J connectivity index is 1.99. The maximum Gasteiger partial charge on any atom is 0.168 e. The van der Waals surface area contributed by atoms with E-state index >= 15 is 0 Å². The van der Waals surface area contributed by atoms with Crippen molar-refractivity contribution in [1.29, 1.82) is 0 Å². The zero-order chi connectivity index (χ0) is 9.10. The maximum atomic E-state index is 5.63. The zero-order valence-corrected chi connectivity index (χ0v) is 7.79. The van der Waals surface area contributed by atoms with Gasteiger partial charge >= 0.3 is 0 Å². The molecule has 1 heterocycles. The molecule has 0 aromatic carbocycles. The third-order valence-electron chi connectivity index (χ3n) is 2.18. The van der Waals surface area contributed by atoms with Crippen LogP contribution in [0.5, 0.6) is 5.75 Å². The Morgan fingerprint density at radius 2 is 2.46 bits per heavy atom. The van der Waals surface area contributed by atoms with Gasteiger partial charge in [0.25, 0.3) is 0 Å². The number of hydrogen-bond acceptors (Lipinski definition) is 3. The molecule has 1 aromatic heterocycles. The van der Waals surface area contributed by atoms with Gasteiger partial charge in [-0.05, 0) is 30.9 Å². The topological polar surface area (TPSA) is 34.2 Å². The van der Waals surface area contributed by atoms with Gasteiger partial charge in [-0.25, -0.2) is 4.98 Å². The van der Waals surface area contributed by atoms with E-state index in [-0.39, 0.29) is 0 Å². The zero-order valence-electron chi connectivity index (χ0n) is 7.79. The van der Waals surface area contributed by atoms with Gasteiger partial charge in [0.1, 0.15) is 0 Å². The van der Waals surface area contributed by atoms with Crippen molar-refractivity contribution < 1.29 is 4.74 Å². The van der Waals surface area contributed by atoms with Crippen LogP contribution in [-0.2, 0) is 0 Å². The summed E-state index contributed by atoms with van der Waals surface area (Å²) in [5.41, 5.74) is 0. The van der Waals surface area contributed by atoms with Crippen molar-refractivity contribution in [1.82, 2.24) is 4.98 Å². The number of aromatic nitrogens is 1. The molecule has 0 atom stereocenters. The fraction of sp³-hybridized carbons (Fsp3) is 0.500. The monoisotopic (exact) mass is 178 g/mol. The first-order chi connectivity index (χ1) is 6.40. The molecule has 13 heavy (non-hydrogen) atoms. The minimum Gasteiger partial charge on any atom is -0.489 e. The Morgan fingerprint density at radius 3 is 3.15 bits per heavy atom. The first-order valence-electron chi connectivity index (χ1n) is 4.65. The van der Waals surface area contributed by atoms with Crippen LogP contribution in [0.4, 0.5) is 5.82 Å². The van der Waals surface area contributed by atoms with Gasteiger partial charge in [-0.15, -0.1) is 0 Å². The summed E-state index contributed by atoms with van der Waals surface area (Å²) in [4.78, 5) is 4.16. The highest BCUT2D eigenvalue weighted by molar-refractivity contribution is 5.48. The predicted octanol–water partition coefficient (Wildman–Crippen LogP) is 1.91. The van der Waals surface area contributed by atoms with Crippen LogP contribution in [0.25, 0.3) is 0 Å². The summed E-state index contributed by atoms with van der Waals surface area (Å²) in [7, 11) is 1.85. The fourth-order valence-electron chi connectivity index (χ4n) is 1.19. The summed E-state index contributed by atoms with van der Waals surface area (Å²) in [5, 5.41) is 3.00. The van der Waals surface area contributed by atoms with Gasteiger partial charge in [0, 0.05) is 13.2 Å². The Kier molecular flexibility index (Phi) is 2.34. The van der Waals surface area contributed by atoms with Crippen molar-refractivity contribution in [3.8, 4) is 5.75 Å². The molecule has 1 saturated carbocycles. The lowest BCUT2D eigenvalue weighted by Gasteiger charge is -2.08. The van der Waals surface area contributed by atoms with E-state index in [4.69, 9.17) is 4.74 Å². The molecule has 3 heteroatoms. The molecule has 1 fully saturated rings. The van der Waals surface area contributed by atoms with Crippen molar-refractivity contribution in [2.24, 2.45) is 5.92 Å². The average Bonchev–Trinajstić information content (AvgIpc) is 2.99. The largest absolute Gasteiger partial charge is 0.489 e. The molecule has 0 amide bonds. The van der Waals surface area contributed by atoms with Gasteiger partial charge in [0.2, 0.25) is 0 Å². The van der Waals surface area contributed by atoms with Gasteiger partial charge in [-0.3, -0.25) is 0 Å².